The number of rotatable bonds is 2. The van der Waals surface area contributed by atoms with Crippen molar-refractivity contribution in [2.24, 2.45) is 0 Å². The number of nitrogens with zero attached hydrogens (tertiary/aromatic N) is 3. The van der Waals surface area contributed by atoms with E-state index in [9.17, 15) is 0 Å². The highest BCUT2D eigenvalue weighted by atomic mass is 28.1. The molecule has 0 aliphatic carbocycles. The highest BCUT2D eigenvalue weighted by Crippen LogP contribution is 2.32. The molecule has 2 aromatic heterocycles. The number of anilines is 1. The second-order valence-corrected chi connectivity index (χ2v) is 6.35. The van der Waals surface area contributed by atoms with Crippen LogP contribution in [-0.2, 0) is 0 Å². The van der Waals surface area contributed by atoms with Crippen LogP contribution in [0.4, 0.5) is 5.82 Å². The maximum Gasteiger partial charge on any atom is 0.134 e. The normalized spacial score (nSPS) is 10.5. The first-order valence-corrected chi connectivity index (χ1v) is 9.25. The van der Waals surface area contributed by atoms with Crippen molar-refractivity contribution in [1.29, 1.82) is 0 Å². The van der Waals surface area contributed by atoms with Gasteiger partial charge >= 0.3 is 0 Å². The number of hydrogen-bond donors (Lipinski definition) is 1. The third kappa shape index (κ3) is 2.94. The molecule has 0 radical (unpaired) electrons. The van der Waals surface area contributed by atoms with E-state index >= 15 is 0 Å². The van der Waals surface area contributed by atoms with Gasteiger partial charge < -0.3 is 5.73 Å². The van der Waals surface area contributed by atoms with E-state index < -0.39 is 0 Å². The van der Waals surface area contributed by atoms with Crippen LogP contribution in [0.2, 0.25) is 0 Å². The van der Waals surface area contributed by atoms with Crippen LogP contribution in [0.5, 0.6) is 0 Å². The predicted molar refractivity (Wildman–Crippen MR) is 109 cm³/mol. The first kappa shape index (κ1) is 16.0. The first-order chi connectivity index (χ1) is 12.8. The Morgan fingerprint density at radius 3 is 2.69 bits per heavy atom. The molecule has 0 unspecified atom stereocenters. The van der Waals surface area contributed by atoms with Gasteiger partial charge in [0.05, 0.1) is 21.5 Å². The molecule has 2 N–H and O–H groups in total. The maximum atomic E-state index is 6.03. The van der Waals surface area contributed by atoms with Crippen LogP contribution in [0.25, 0.3) is 33.3 Å². The fourth-order valence-corrected chi connectivity index (χ4v) is 3.29. The number of pyridine rings is 1. The predicted octanol–water partition coefficient (Wildman–Crippen LogP) is 2.62. The van der Waals surface area contributed by atoms with Crippen molar-refractivity contribution in [1.82, 2.24) is 15.0 Å². The highest BCUT2D eigenvalue weighted by molar-refractivity contribution is 6.22. The SMILES string of the molecule is Nc1ncnc2ccc(-c3cccnc3-c3cccc(C#C[SiH3])c3)cc12. The molecule has 124 valence electrons. The zero-order valence-electron chi connectivity index (χ0n) is 14.3. The largest absolute Gasteiger partial charge is 0.383 e. The lowest BCUT2D eigenvalue weighted by Gasteiger charge is -2.10. The summed E-state index contributed by atoms with van der Waals surface area (Å²) < 4.78 is 0. The Kier molecular flexibility index (Phi) is 4.18. The Balaban J connectivity index is 1.90. The van der Waals surface area contributed by atoms with Gasteiger partial charge in [-0.15, -0.1) is 5.54 Å². The molecule has 4 nitrogen and oxygen atoms in total. The fourth-order valence-electron chi connectivity index (χ4n) is 3.00. The lowest BCUT2D eigenvalue weighted by Crippen LogP contribution is -1.94. The van der Waals surface area contributed by atoms with Gasteiger partial charge in [0.15, 0.2) is 0 Å². The van der Waals surface area contributed by atoms with Crippen LogP contribution in [0.15, 0.2) is 67.1 Å². The van der Waals surface area contributed by atoms with E-state index in [1.807, 2.05) is 42.6 Å². The minimum absolute atomic E-state index is 0.478. The van der Waals surface area contributed by atoms with E-state index in [2.05, 4.69) is 44.6 Å². The van der Waals surface area contributed by atoms with Crippen molar-refractivity contribution in [2.45, 2.75) is 0 Å². The van der Waals surface area contributed by atoms with E-state index in [0.717, 1.165) is 49.1 Å². The van der Waals surface area contributed by atoms with Gasteiger partial charge in [-0.25, -0.2) is 9.97 Å². The van der Waals surface area contributed by atoms with Crippen LogP contribution in [0.1, 0.15) is 5.56 Å². The van der Waals surface area contributed by atoms with Crippen LogP contribution < -0.4 is 5.73 Å². The molecule has 5 heteroatoms. The molecule has 2 aromatic carbocycles. The van der Waals surface area contributed by atoms with Crippen molar-refractivity contribution in [3.8, 4) is 33.8 Å². The van der Waals surface area contributed by atoms with E-state index in [-0.39, 0.29) is 0 Å². The molecule has 0 aliphatic heterocycles. The summed E-state index contributed by atoms with van der Waals surface area (Å²) in [5.74, 6) is 3.64. The molecule has 4 rings (SSSR count). The quantitative estimate of drug-likeness (QED) is 0.445. The third-order valence-corrected chi connectivity index (χ3v) is 4.44. The average Bonchev–Trinajstić information content (AvgIpc) is 2.69. The van der Waals surface area contributed by atoms with E-state index in [0.29, 0.717) is 5.82 Å². The highest BCUT2D eigenvalue weighted by Gasteiger charge is 2.11. The number of benzene rings is 2. The Hall–Kier alpha value is -3.49. The van der Waals surface area contributed by atoms with Gasteiger partial charge in [-0.1, -0.05) is 30.2 Å². The Morgan fingerprint density at radius 1 is 0.885 bits per heavy atom. The van der Waals surface area contributed by atoms with Crippen molar-refractivity contribution >= 4 is 27.0 Å². The fraction of sp³-hybridized carbons (Fsp3) is 0. The minimum atomic E-state index is 0.478. The van der Waals surface area contributed by atoms with Gasteiger partial charge in [-0.3, -0.25) is 4.98 Å². The number of aromatic nitrogens is 3. The molecular weight excluding hydrogens is 336 g/mol. The summed E-state index contributed by atoms with van der Waals surface area (Å²) >= 11 is 0. The van der Waals surface area contributed by atoms with Crippen LogP contribution >= 0.6 is 0 Å². The standard InChI is InChI=1S/C21H16N4Si/c22-21-18-12-15(6-7-19(18)24-13-25-21)17-5-2-9-23-20(17)16-4-1-3-14(11-16)8-10-26/h1-7,9,11-13H,26H3,(H2,22,24,25). The molecule has 26 heavy (non-hydrogen) atoms. The molecule has 0 saturated heterocycles. The zero-order chi connectivity index (χ0) is 17.9. The maximum absolute atomic E-state index is 6.03. The number of hydrogen-bond acceptors (Lipinski definition) is 4. The molecule has 0 atom stereocenters. The average molecular weight is 352 g/mol. The lowest BCUT2D eigenvalue weighted by molar-refractivity contribution is 1.23. The molecule has 4 aromatic rings. The van der Waals surface area contributed by atoms with Gasteiger partial charge in [0, 0.05) is 28.3 Å². The van der Waals surface area contributed by atoms with Gasteiger partial charge in [0.1, 0.15) is 12.1 Å². The summed E-state index contributed by atoms with van der Waals surface area (Å²) in [6.07, 6.45) is 3.29. The summed E-state index contributed by atoms with van der Waals surface area (Å²) in [5, 5.41) is 0.843. The third-order valence-electron chi connectivity index (χ3n) is 4.19. The van der Waals surface area contributed by atoms with Crippen molar-refractivity contribution in [3.05, 3.63) is 72.7 Å². The second kappa shape index (κ2) is 6.79. The Morgan fingerprint density at radius 2 is 1.81 bits per heavy atom. The number of nitrogens with two attached hydrogens (primary N) is 1. The van der Waals surface area contributed by atoms with Crippen LogP contribution in [0.3, 0.4) is 0 Å². The second-order valence-electron chi connectivity index (χ2n) is 5.85. The molecule has 0 saturated carbocycles. The molecule has 2 heterocycles. The van der Waals surface area contributed by atoms with Crippen LogP contribution in [0, 0.1) is 11.5 Å². The van der Waals surface area contributed by atoms with Gasteiger partial charge in [-0.2, -0.15) is 0 Å². The Labute approximate surface area is 154 Å². The van der Waals surface area contributed by atoms with Gasteiger partial charge in [0.25, 0.3) is 0 Å². The summed E-state index contributed by atoms with van der Waals surface area (Å²) in [6.45, 7) is 0. The molecule has 0 spiro atoms. The molecule has 0 aliphatic rings. The first-order valence-electron chi connectivity index (χ1n) is 8.25. The van der Waals surface area contributed by atoms with E-state index in [1.54, 1.807) is 0 Å². The zero-order valence-corrected chi connectivity index (χ0v) is 16.3. The van der Waals surface area contributed by atoms with Gasteiger partial charge in [-0.05, 0) is 35.9 Å². The number of nitrogen functional groups attached to an aromatic ring is 1. The van der Waals surface area contributed by atoms with E-state index in [4.69, 9.17) is 5.73 Å². The number of fused-ring (bicyclic) bond motifs is 1. The molecule has 0 fully saturated rings. The van der Waals surface area contributed by atoms with E-state index in [1.165, 1.54) is 6.33 Å². The van der Waals surface area contributed by atoms with Crippen molar-refractivity contribution in [3.63, 3.8) is 0 Å². The minimum Gasteiger partial charge on any atom is -0.383 e. The lowest BCUT2D eigenvalue weighted by atomic mass is 9.97. The smallest absolute Gasteiger partial charge is 0.134 e. The molecule has 0 amide bonds. The topological polar surface area (TPSA) is 64.7 Å². The Bertz CT molecular complexity index is 1180. The van der Waals surface area contributed by atoms with Crippen LogP contribution in [-0.4, -0.2) is 25.2 Å². The summed E-state index contributed by atoms with van der Waals surface area (Å²) in [5.41, 5.74) is 15.0. The summed E-state index contributed by atoms with van der Waals surface area (Å²) in [7, 11) is 0.861. The van der Waals surface area contributed by atoms with Crippen molar-refractivity contribution in [2.75, 3.05) is 5.73 Å². The summed E-state index contributed by atoms with van der Waals surface area (Å²) in [4.78, 5) is 13.0. The van der Waals surface area contributed by atoms with Crippen molar-refractivity contribution < 1.29 is 0 Å². The molecule has 0 bridgehead atoms. The van der Waals surface area contributed by atoms with Gasteiger partial charge in [0.2, 0.25) is 0 Å². The summed E-state index contributed by atoms with van der Waals surface area (Å²) in [6, 6.07) is 18.2. The molecular formula is C21H16N4Si. The monoisotopic (exact) mass is 352 g/mol.